The van der Waals surface area contributed by atoms with E-state index in [1.165, 1.54) is 0 Å². The fourth-order valence-corrected chi connectivity index (χ4v) is 4.82. The summed E-state index contributed by atoms with van der Waals surface area (Å²) in [6.45, 7) is 5.51. The van der Waals surface area contributed by atoms with Gasteiger partial charge in [-0.05, 0) is 43.9 Å². The maximum Gasteiger partial charge on any atom is 0.265 e. The average Bonchev–Trinajstić information content (AvgIpc) is 2.54. The fourth-order valence-electron chi connectivity index (χ4n) is 3.20. The topological polar surface area (TPSA) is 66.9 Å². The van der Waals surface area contributed by atoms with Crippen molar-refractivity contribution in [2.24, 2.45) is 5.92 Å². The second-order valence-corrected chi connectivity index (χ2v) is 8.10. The van der Waals surface area contributed by atoms with Crippen molar-refractivity contribution in [1.29, 1.82) is 0 Å². The number of benzene rings is 1. The molecule has 1 fully saturated rings. The Bertz CT molecular complexity index is 717. The van der Waals surface area contributed by atoms with Gasteiger partial charge in [-0.25, -0.2) is 8.42 Å². The van der Waals surface area contributed by atoms with Crippen LogP contribution in [-0.2, 0) is 14.8 Å². The lowest BCUT2D eigenvalue weighted by Crippen LogP contribution is -2.40. The van der Waals surface area contributed by atoms with Gasteiger partial charge >= 0.3 is 0 Å². The Morgan fingerprint density at radius 3 is 2.83 bits per heavy atom. The average molecular weight is 338 g/mol. The molecule has 1 saturated heterocycles. The minimum Gasteiger partial charge on any atom is -0.482 e. The molecule has 0 unspecified atom stereocenters. The molecule has 1 aromatic rings. The van der Waals surface area contributed by atoms with Crippen LogP contribution in [0.25, 0.3) is 0 Å². The number of fused-ring (bicyclic) bond motifs is 1. The van der Waals surface area contributed by atoms with Gasteiger partial charge in [-0.15, -0.1) is 0 Å². The first kappa shape index (κ1) is 16.3. The summed E-state index contributed by atoms with van der Waals surface area (Å²) in [6.07, 6.45) is 1.94. The second kappa shape index (κ2) is 6.13. The highest BCUT2D eigenvalue weighted by atomic mass is 32.2. The highest BCUT2D eigenvalue weighted by Gasteiger charge is 2.31. The van der Waals surface area contributed by atoms with Gasteiger partial charge < -0.3 is 9.64 Å². The molecule has 0 saturated carbocycles. The Morgan fingerprint density at radius 2 is 2.13 bits per heavy atom. The maximum atomic E-state index is 12.9. The van der Waals surface area contributed by atoms with Crippen LogP contribution in [0.5, 0.6) is 5.75 Å². The second-order valence-electron chi connectivity index (χ2n) is 6.17. The third-order valence-electron chi connectivity index (χ3n) is 4.45. The van der Waals surface area contributed by atoms with Crippen LogP contribution in [0.4, 0.5) is 5.69 Å². The van der Waals surface area contributed by atoms with E-state index in [-0.39, 0.29) is 17.4 Å². The lowest BCUT2D eigenvalue weighted by atomic mass is 10.0. The first-order valence-electron chi connectivity index (χ1n) is 8.01. The monoisotopic (exact) mass is 338 g/mol. The zero-order chi connectivity index (χ0) is 16.6. The fraction of sp³-hybridized carbons (Fsp3) is 0.562. The minimum absolute atomic E-state index is 0.00340. The Labute approximate surface area is 137 Å². The Balaban J connectivity index is 1.97. The van der Waals surface area contributed by atoms with E-state index >= 15 is 0 Å². The molecule has 1 aromatic carbocycles. The quantitative estimate of drug-likeness (QED) is 0.844. The van der Waals surface area contributed by atoms with Gasteiger partial charge in [0.1, 0.15) is 5.75 Å². The Kier molecular flexibility index (Phi) is 4.33. The molecule has 0 bridgehead atoms. The lowest BCUT2D eigenvalue weighted by molar-refractivity contribution is -0.121. The number of carbonyl (C=O) groups excluding carboxylic acids is 1. The van der Waals surface area contributed by atoms with Crippen LogP contribution in [0.1, 0.15) is 26.7 Å². The molecular weight excluding hydrogens is 316 g/mol. The van der Waals surface area contributed by atoms with E-state index in [1.807, 2.05) is 6.92 Å². The molecule has 0 aromatic heterocycles. The maximum absolute atomic E-state index is 12.9. The molecule has 3 rings (SSSR count). The predicted octanol–water partition coefficient (Wildman–Crippen LogP) is 1.85. The number of likely N-dealkylation sites (N-methyl/N-ethyl adjacent to an activating group) is 1. The van der Waals surface area contributed by atoms with Crippen molar-refractivity contribution in [3.05, 3.63) is 18.2 Å². The molecule has 6 nitrogen and oxygen atoms in total. The number of rotatable bonds is 3. The number of anilines is 1. The summed E-state index contributed by atoms with van der Waals surface area (Å²) in [4.78, 5) is 13.7. The number of carbonyl (C=O) groups is 1. The number of hydrogen-bond acceptors (Lipinski definition) is 4. The lowest BCUT2D eigenvalue weighted by Gasteiger charge is -2.31. The molecule has 0 aliphatic carbocycles. The standard InChI is InChI=1S/C16H22N2O4S/c1-3-18-14-9-13(6-7-15(14)22-11-16(18)19)23(20,21)17-8-4-5-12(2)10-17/h6-7,9,12H,3-5,8,10-11H2,1-2H3/t12-/m0/s1. The van der Waals surface area contributed by atoms with Gasteiger partial charge in [-0.1, -0.05) is 6.92 Å². The minimum atomic E-state index is -3.54. The van der Waals surface area contributed by atoms with E-state index in [9.17, 15) is 13.2 Å². The number of ether oxygens (including phenoxy) is 1. The number of sulfonamides is 1. The number of piperidine rings is 1. The summed E-state index contributed by atoms with van der Waals surface area (Å²) in [7, 11) is -3.54. The van der Waals surface area contributed by atoms with E-state index in [0.717, 1.165) is 12.8 Å². The summed E-state index contributed by atoms with van der Waals surface area (Å²) in [5, 5.41) is 0. The molecule has 0 N–H and O–H groups in total. The molecule has 7 heteroatoms. The van der Waals surface area contributed by atoms with Gasteiger partial charge in [-0.2, -0.15) is 4.31 Å². The summed E-state index contributed by atoms with van der Waals surface area (Å²) in [5.74, 6) is 0.770. The van der Waals surface area contributed by atoms with Crippen LogP contribution >= 0.6 is 0 Å². The normalized spacial score (nSPS) is 22.6. The zero-order valence-corrected chi connectivity index (χ0v) is 14.3. The third-order valence-corrected chi connectivity index (χ3v) is 6.31. The molecule has 1 atom stereocenters. The Morgan fingerprint density at radius 1 is 1.35 bits per heavy atom. The highest BCUT2D eigenvalue weighted by Crippen LogP contribution is 2.35. The van der Waals surface area contributed by atoms with Crippen molar-refractivity contribution in [1.82, 2.24) is 4.31 Å². The van der Waals surface area contributed by atoms with Gasteiger partial charge in [-0.3, -0.25) is 4.79 Å². The predicted molar refractivity (Wildman–Crippen MR) is 87.1 cm³/mol. The number of amides is 1. The van der Waals surface area contributed by atoms with Gasteiger partial charge in [0.25, 0.3) is 5.91 Å². The van der Waals surface area contributed by atoms with Gasteiger partial charge in [0.15, 0.2) is 6.61 Å². The van der Waals surface area contributed by atoms with E-state index in [0.29, 0.717) is 37.0 Å². The Hall–Kier alpha value is -1.60. The molecule has 0 radical (unpaired) electrons. The van der Waals surface area contributed by atoms with Crippen LogP contribution in [0, 0.1) is 5.92 Å². The molecular formula is C16H22N2O4S. The van der Waals surface area contributed by atoms with E-state index < -0.39 is 10.0 Å². The first-order valence-corrected chi connectivity index (χ1v) is 9.45. The van der Waals surface area contributed by atoms with Crippen molar-refractivity contribution in [2.75, 3.05) is 31.1 Å². The zero-order valence-electron chi connectivity index (χ0n) is 13.5. The van der Waals surface area contributed by atoms with Crippen LogP contribution in [0.2, 0.25) is 0 Å². The number of hydrogen-bond donors (Lipinski definition) is 0. The van der Waals surface area contributed by atoms with E-state index in [2.05, 4.69) is 6.92 Å². The molecule has 126 valence electrons. The molecule has 2 aliphatic rings. The largest absolute Gasteiger partial charge is 0.482 e. The highest BCUT2D eigenvalue weighted by molar-refractivity contribution is 7.89. The summed E-state index contributed by atoms with van der Waals surface area (Å²) >= 11 is 0. The molecule has 2 aliphatic heterocycles. The van der Waals surface area contributed by atoms with Crippen molar-refractivity contribution in [3.8, 4) is 5.75 Å². The van der Waals surface area contributed by atoms with Crippen LogP contribution in [0.15, 0.2) is 23.1 Å². The van der Waals surface area contributed by atoms with Gasteiger partial charge in [0.2, 0.25) is 10.0 Å². The smallest absolute Gasteiger partial charge is 0.265 e. The van der Waals surface area contributed by atoms with Crippen LogP contribution in [-0.4, -0.2) is 44.9 Å². The molecule has 1 amide bonds. The van der Waals surface area contributed by atoms with Crippen molar-refractivity contribution in [3.63, 3.8) is 0 Å². The molecule has 0 spiro atoms. The third kappa shape index (κ3) is 2.95. The first-order chi connectivity index (χ1) is 10.9. The van der Waals surface area contributed by atoms with Crippen LogP contribution < -0.4 is 9.64 Å². The van der Waals surface area contributed by atoms with E-state index in [1.54, 1.807) is 27.4 Å². The van der Waals surface area contributed by atoms with Gasteiger partial charge in [0, 0.05) is 19.6 Å². The van der Waals surface area contributed by atoms with Crippen molar-refractivity contribution in [2.45, 2.75) is 31.6 Å². The van der Waals surface area contributed by atoms with Crippen molar-refractivity contribution < 1.29 is 17.9 Å². The SMILES string of the molecule is CCN1C(=O)COc2ccc(S(=O)(=O)N3CCC[C@H](C)C3)cc21. The molecule has 23 heavy (non-hydrogen) atoms. The molecule has 2 heterocycles. The summed E-state index contributed by atoms with van der Waals surface area (Å²) in [6, 6.07) is 4.77. The van der Waals surface area contributed by atoms with Crippen molar-refractivity contribution >= 4 is 21.6 Å². The summed E-state index contributed by atoms with van der Waals surface area (Å²) in [5.41, 5.74) is 0.537. The number of nitrogens with zero attached hydrogens (tertiary/aromatic N) is 2. The summed E-state index contributed by atoms with van der Waals surface area (Å²) < 4.78 is 32.7. The van der Waals surface area contributed by atoms with Gasteiger partial charge in [0.05, 0.1) is 10.6 Å². The van der Waals surface area contributed by atoms with E-state index in [4.69, 9.17) is 4.74 Å². The van der Waals surface area contributed by atoms with Crippen LogP contribution in [0.3, 0.4) is 0 Å².